The van der Waals surface area contributed by atoms with Gasteiger partial charge in [0.2, 0.25) is 0 Å². The highest BCUT2D eigenvalue weighted by molar-refractivity contribution is 5.82. The fourth-order valence-corrected chi connectivity index (χ4v) is 3.24. The zero-order valence-corrected chi connectivity index (χ0v) is 12.2. The normalized spacial score (nSPS) is 17.6. The number of rotatable bonds is 2. The summed E-state index contributed by atoms with van der Waals surface area (Å²) in [5, 5.41) is 9.01. The van der Waals surface area contributed by atoms with E-state index in [1.165, 1.54) is 36.8 Å². The number of hydrogen-bond donors (Lipinski definition) is 0. The first kappa shape index (κ1) is 12.6. The van der Waals surface area contributed by atoms with Crippen molar-refractivity contribution in [3.05, 3.63) is 43.1 Å². The van der Waals surface area contributed by atoms with E-state index in [1.54, 1.807) is 12.7 Å². The highest BCUT2D eigenvalue weighted by Gasteiger charge is 2.19. The number of aromatic nitrogens is 4. The minimum Gasteiger partial charge on any atom is -0.344 e. The molecule has 5 nitrogen and oxygen atoms in total. The SMILES string of the molecule is CN1CCC(n2ccc3cc(-n4cnnc4)ccc32)CC1. The lowest BCUT2D eigenvalue weighted by Crippen LogP contribution is -2.31. The van der Waals surface area contributed by atoms with E-state index in [0.717, 1.165) is 5.69 Å². The summed E-state index contributed by atoms with van der Waals surface area (Å²) in [6.45, 7) is 2.37. The Morgan fingerprint density at radius 2 is 1.81 bits per heavy atom. The van der Waals surface area contributed by atoms with Gasteiger partial charge in [-0.15, -0.1) is 10.2 Å². The molecule has 3 heterocycles. The maximum Gasteiger partial charge on any atom is 0.123 e. The van der Waals surface area contributed by atoms with E-state index in [0.29, 0.717) is 6.04 Å². The fourth-order valence-electron chi connectivity index (χ4n) is 3.24. The van der Waals surface area contributed by atoms with Crippen molar-refractivity contribution in [1.82, 2.24) is 24.2 Å². The molecule has 0 saturated carbocycles. The Morgan fingerprint density at radius 1 is 1.05 bits per heavy atom. The highest BCUT2D eigenvalue weighted by atomic mass is 15.2. The van der Waals surface area contributed by atoms with Crippen molar-refractivity contribution in [2.45, 2.75) is 18.9 Å². The summed E-state index contributed by atoms with van der Waals surface area (Å²) >= 11 is 0. The number of nitrogens with zero attached hydrogens (tertiary/aromatic N) is 5. The second kappa shape index (κ2) is 5.00. The van der Waals surface area contributed by atoms with Crippen LogP contribution >= 0.6 is 0 Å². The second-order valence-electron chi connectivity index (χ2n) is 5.87. The quantitative estimate of drug-likeness (QED) is 0.724. The lowest BCUT2D eigenvalue weighted by atomic mass is 10.1. The van der Waals surface area contributed by atoms with Crippen LogP contribution in [0.1, 0.15) is 18.9 Å². The molecule has 1 aromatic carbocycles. The molecular formula is C16H19N5. The summed E-state index contributed by atoms with van der Waals surface area (Å²) in [6, 6.07) is 9.38. The van der Waals surface area contributed by atoms with Gasteiger partial charge in [-0.2, -0.15) is 0 Å². The molecule has 21 heavy (non-hydrogen) atoms. The first-order chi connectivity index (χ1) is 10.3. The third-order valence-corrected chi connectivity index (χ3v) is 4.50. The predicted molar refractivity (Wildman–Crippen MR) is 82.6 cm³/mol. The first-order valence-electron chi connectivity index (χ1n) is 7.45. The van der Waals surface area contributed by atoms with Crippen molar-refractivity contribution in [2.24, 2.45) is 0 Å². The van der Waals surface area contributed by atoms with Gasteiger partial charge >= 0.3 is 0 Å². The monoisotopic (exact) mass is 281 g/mol. The predicted octanol–water partition coefficient (Wildman–Crippen LogP) is 2.49. The summed E-state index contributed by atoms with van der Waals surface area (Å²) in [7, 11) is 2.20. The molecule has 0 radical (unpaired) electrons. The van der Waals surface area contributed by atoms with Gasteiger partial charge < -0.3 is 9.47 Å². The van der Waals surface area contributed by atoms with E-state index in [9.17, 15) is 0 Å². The lowest BCUT2D eigenvalue weighted by Gasteiger charge is -2.30. The molecule has 2 aromatic heterocycles. The number of likely N-dealkylation sites (tertiary alicyclic amines) is 1. The van der Waals surface area contributed by atoms with E-state index in [1.807, 2.05) is 4.57 Å². The van der Waals surface area contributed by atoms with Gasteiger partial charge in [0.15, 0.2) is 0 Å². The third-order valence-electron chi connectivity index (χ3n) is 4.50. The second-order valence-corrected chi connectivity index (χ2v) is 5.87. The Morgan fingerprint density at radius 3 is 2.57 bits per heavy atom. The average Bonchev–Trinajstić information content (AvgIpc) is 3.17. The van der Waals surface area contributed by atoms with Gasteiger partial charge in [0.05, 0.1) is 0 Å². The van der Waals surface area contributed by atoms with Gasteiger partial charge in [0, 0.05) is 28.8 Å². The molecular weight excluding hydrogens is 262 g/mol. The van der Waals surface area contributed by atoms with Gasteiger partial charge in [-0.25, -0.2) is 0 Å². The summed E-state index contributed by atoms with van der Waals surface area (Å²) in [5.41, 5.74) is 2.43. The van der Waals surface area contributed by atoms with Crippen molar-refractivity contribution >= 4 is 10.9 Å². The van der Waals surface area contributed by atoms with Crippen LogP contribution in [0.4, 0.5) is 0 Å². The van der Waals surface area contributed by atoms with Gasteiger partial charge in [-0.3, -0.25) is 4.57 Å². The topological polar surface area (TPSA) is 38.9 Å². The Labute approximate surface area is 123 Å². The van der Waals surface area contributed by atoms with Crippen LogP contribution in [0, 0.1) is 0 Å². The summed E-state index contributed by atoms with van der Waals surface area (Å²) in [6.07, 6.45) is 8.15. The van der Waals surface area contributed by atoms with Crippen molar-refractivity contribution in [2.75, 3.05) is 20.1 Å². The first-order valence-corrected chi connectivity index (χ1v) is 7.45. The molecule has 4 rings (SSSR count). The number of benzene rings is 1. The maximum absolute atomic E-state index is 3.87. The van der Waals surface area contributed by atoms with Crippen LogP contribution in [0.25, 0.3) is 16.6 Å². The van der Waals surface area contributed by atoms with Gasteiger partial charge in [0.1, 0.15) is 12.7 Å². The van der Waals surface area contributed by atoms with Crippen LogP contribution in [-0.4, -0.2) is 44.4 Å². The van der Waals surface area contributed by atoms with Gasteiger partial charge in [-0.1, -0.05) is 0 Å². The van der Waals surface area contributed by atoms with Crippen LogP contribution in [0.5, 0.6) is 0 Å². The van der Waals surface area contributed by atoms with Crippen molar-refractivity contribution in [1.29, 1.82) is 0 Å². The van der Waals surface area contributed by atoms with Crippen molar-refractivity contribution in [3.8, 4) is 5.69 Å². The summed E-state index contributed by atoms with van der Waals surface area (Å²) < 4.78 is 4.38. The third kappa shape index (κ3) is 2.23. The van der Waals surface area contributed by atoms with E-state index < -0.39 is 0 Å². The largest absolute Gasteiger partial charge is 0.344 e. The fraction of sp³-hybridized carbons (Fsp3) is 0.375. The van der Waals surface area contributed by atoms with Crippen LogP contribution in [0.3, 0.4) is 0 Å². The van der Waals surface area contributed by atoms with Crippen molar-refractivity contribution in [3.63, 3.8) is 0 Å². The molecule has 0 bridgehead atoms. The van der Waals surface area contributed by atoms with Crippen molar-refractivity contribution < 1.29 is 0 Å². The minimum absolute atomic E-state index is 0.625. The Bertz CT molecular complexity index is 735. The molecule has 5 heteroatoms. The smallest absolute Gasteiger partial charge is 0.123 e. The Kier molecular flexibility index (Phi) is 3.00. The Hall–Kier alpha value is -2.14. The van der Waals surface area contributed by atoms with Crippen LogP contribution in [0.2, 0.25) is 0 Å². The van der Waals surface area contributed by atoms with Crippen LogP contribution in [0.15, 0.2) is 43.1 Å². The Balaban J connectivity index is 1.69. The average molecular weight is 281 g/mol. The molecule has 1 saturated heterocycles. The van der Waals surface area contributed by atoms with Crippen LogP contribution in [-0.2, 0) is 0 Å². The molecule has 0 unspecified atom stereocenters. The lowest BCUT2D eigenvalue weighted by molar-refractivity contribution is 0.224. The standard InChI is InChI=1S/C16H19N5/c1-19-7-5-14(6-8-19)21-9-4-13-10-15(2-3-16(13)21)20-11-17-18-12-20/h2-4,9-12,14H,5-8H2,1H3. The molecule has 0 spiro atoms. The molecule has 0 aliphatic carbocycles. The minimum atomic E-state index is 0.625. The van der Waals surface area contributed by atoms with Gasteiger partial charge in [-0.05, 0) is 57.2 Å². The maximum atomic E-state index is 3.87. The molecule has 1 aliphatic heterocycles. The van der Waals surface area contributed by atoms with Gasteiger partial charge in [0.25, 0.3) is 0 Å². The molecule has 3 aromatic rings. The molecule has 0 amide bonds. The number of hydrogen-bond acceptors (Lipinski definition) is 3. The van der Waals surface area contributed by atoms with E-state index >= 15 is 0 Å². The summed E-state index contributed by atoms with van der Waals surface area (Å²) in [5.74, 6) is 0. The molecule has 0 atom stereocenters. The zero-order chi connectivity index (χ0) is 14.2. The van der Waals surface area contributed by atoms with E-state index in [4.69, 9.17) is 0 Å². The molecule has 1 fully saturated rings. The number of piperidine rings is 1. The highest BCUT2D eigenvalue weighted by Crippen LogP contribution is 2.28. The van der Waals surface area contributed by atoms with E-state index in [2.05, 4.69) is 57.2 Å². The molecule has 0 N–H and O–H groups in total. The van der Waals surface area contributed by atoms with Crippen LogP contribution < -0.4 is 0 Å². The summed E-state index contributed by atoms with van der Waals surface area (Å²) in [4.78, 5) is 2.41. The zero-order valence-electron chi connectivity index (χ0n) is 12.2. The van der Waals surface area contributed by atoms with E-state index in [-0.39, 0.29) is 0 Å². The molecule has 1 aliphatic rings. The number of fused-ring (bicyclic) bond motifs is 1. The molecule has 108 valence electrons.